The summed E-state index contributed by atoms with van der Waals surface area (Å²) in [6.45, 7) is 2.61. The van der Waals surface area contributed by atoms with E-state index in [1.807, 2.05) is 0 Å². The molecule has 112 valence electrons. The zero-order chi connectivity index (χ0) is 13.6. The number of nitrogens with one attached hydrogen (secondary N) is 1. The van der Waals surface area contributed by atoms with Gasteiger partial charge in [0, 0.05) is 12.2 Å². The lowest BCUT2D eigenvalue weighted by Gasteiger charge is -2.23. The van der Waals surface area contributed by atoms with Gasteiger partial charge in [-0.05, 0) is 38.3 Å². The molecule has 4 heteroatoms. The number of aromatic nitrogens is 2. The molecule has 1 saturated carbocycles. The Morgan fingerprint density at radius 1 is 1.15 bits per heavy atom. The smallest absolute Gasteiger partial charge is 0.0907 e. The van der Waals surface area contributed by atoms with Crippen molar-refractivity contribution in [1.29, 1.82) is 0 Å². The summed E-state index contributed by atoms with van der Waals surface area (Å²) in [6, 6.07) is 3.28. The average Bonchev–Trinajstić information content (AvgIpc) is 2.98. The van der Waals surface area contributed by atoms with E-state index in [2.05, 4.69) is 27.4 Å². The van der Waals surface area contributed by atoms with Crippen LogP contribution >= 0.6 is 0 Å². The van der Waals surface area contributed by atoms with E-state index in [0.717, 1.165) is 18.8 Å². The van der Waals surface area contributed by atoms with Crippen molar-refractivity contribution in [2.75, 3.05) is 13.2 Å². The second-order valence-electron chi connectivity index (χ2n) is 6.24. The third-order valence-electron chi connectivity index (χ3n) is 4.59. The van der Waals surface area contributed by atoms with E-state index in [9.17, 15) is 0 Å². The first-order valence-corrected chi connectivity index (χ1v) is 8.27. The van der Waals surface area contributed by atoms with Gasteiger partial charge < -0.3 is 10.1 Å². The lowest BCUT2D eigenvalue weighted by Crippen LogP contribution is -2.37. The standard InChI is InChI=1S/C16H27N3O/c1-2-7-16(8-3-1)19-11-9-15(18-19)13-20-12-14-6-4-5-10-17-14/h9,11,14,16-17H,1-8,10,12-13H2. The lowest BCUT2D eigenvalue weighted by molar-refractivity contribution is 0.0884. The van der Waals surface area contributed by atoms with Crippen molar-refractivity contribution in [2.45, 2.75) is 70.1 Å². The van der Waals surface area contributed by atoms with Crippen LogP contribution in [-0.2, 0) is 11.3 Å². The highest BCUT2D eigenvalue weighted by Gasteiger charge is 2.16. The summed E-state index contributed by atoms with van der Waals surface area (Å²) >= 11 is 0. The van der Waals surface area contributed by atoms with Gasteiger partial charge in [0.15, 0.2) is 0 Å². The van der Waals surface area contributed by atoms with Crippen LogP contribution in [0.25, 0.3) is 0 Å². The molecule has 1 aromatic rings. The van der Waals surface area contributed by atoms with E-state index >= 15 is 0 Å². The topological polar surface area (TPSA) is 39.1 Å². The van der Waals surface area contributed by atoms with Gasteiger partial charge in [-0.15, -0.1) is 0 Å². The fraction of sp³-hybridized carbons (Fsp3) is 0.812. The minimum Gasteiger partial charge on any atom is -0.373 e. The van der Waals surface area contributed by atoms with E-state index in [4.69, 9.17) is 4.74 Å². The van der Waals surface area contributed by atoms with Crippen molar-refractivity contribution in [3.05, 3.63) is 18.0 Å². The van der Waals surface area contributed by atoms with Crippen molar-refractivity contribution in [3.63, 3.8) is 0 Å². The Morgan fingerprint density at radius 3 is 2.80 bits per heavy atom. The molecule has 0 bridgehead atoms. The number of rotatable bonds is 5. The molecule has 0 radical (unpaired) electrons. The second-order valence-corrected chi connectivity index (χ2v) is 6.24. The Balaban J connectivity index is 1.42. The number of piperidine rings is 1. The molecule has 1 atom stereocenters. The van der Waals surface area contributed by atoms with E-state index in [1.165, 1.54) is 51.4 Å². The molecule has 20 heavy (non-hydrogen) atoms. The molecule has 3 rings (SSSR count). The number of hydrogen-bond acceptors (Lipinski definition) is 3. The highest BCUT2D eigenvalue weighted by Crippen LogP contribution is 2.27. The third kappa shape index (κ3) is 3.83. The van der Waals surface area contributed by atoms with Crippen LogP contribution in [0.15, 0.2) is 12.3 Å². The first-order chi connectivity index (χ1) is 9.92. The largest absolute Gasteiger partial charge is 0.373 e. The van der Waals surface area contributed by atoms with Crippen LogP contribution in [0.4, 0.5) is 0 Å². The quantitative estimate of drug-likeness (QED) is 0.899. The Hall–Kier alpha value is -0.870. The summed E-state index contributed by atoms with van der Waals surface area (Å²) < 4.78 is 7.98. The maximum Gasteiger partial charge on any atom is 0.0907 e. The van der Waals surface area contributed by atoms with Crippen LogP contribution in [0, 0.1) is 0 Å². The molecule has 1 saturated heterocycles. The second kappa shape index (κ2) is 7.23. The Kier molecular flexibility index (Phi) is 5.09. The molecule has 0 spiro atoms. The number of hydrogen-bond donors (Lipinski definition) is 1. The predicted octanol–water partition coefficient (Wildman–Crippen LogP) is 3.05. The molecule has 0 aromatic carbocycles. The molecule has 2 fully saturated rings. The lowest BCUT2D eigenvalue weighted by atomic mass is 9.96. The summed E-state index contributed by atoms with van der Waals surface area (Å²) in [5, 5.41) is 8.20. The summed E-state index contributed by atoms with van der Waals surface area (Å²) in [6.07, 6.45) is 12.7. The fourth-order valence-corrected chi connectivity index (χ4v) is 3.38. The molecule has 1 unspecified atom stereocenters. The SMILES string of the molecule is c1cn(C2CCCCC2)nc1COCC1CCCCN1. The van der Waals surface area contributed by atoms with Crippen LogP contribution in [0.1, 0.15) is 63.1 Å². The summed E-state index contributed by atoms with van der Waals surface area (Å²) in [7, 11) is 0. The molecular formula is C16H27N3O. The molecule has 1 aromatic heterocycles. The predicted molar refractivity (Wildman–Crippen MR) is 79.6 cm³/mol. The first-order valence-electron chi connectivity index (χ1n) is 8.27. The van der Waals surface area contributed by atoms with E-state index < -0.39 is 0 Å². The van der Waals surface area contributed by atoms with Crippen LogP contribution in [0.3, 0.4) is 0 Å². The number of ether oxygens (including phenoxy) is 1. The maximum absolute atomic E-state index is 5.82. The van der Waals surface area contributed by atoms with Gasteiger partial charge in [0.2, 0.25) is 0 Å². The summed E-state index contributed by atoms with van der Waals surface area (Å²) in [4.78, 5) is 0. The minimum atomic E-state index is 0.546. The highest BCUT2D eigenvalue weighted by molar-refractivity contribution is 4.98. The van der Waals surface area contributed by atoms with Crippen molar-refractivity contribution in [2.24, 2.45) is 0 Å². The van der Waals surface area contributed by atoms with Crippen molar-refractivity contribution < 1.29 is 4.74 Å². The van der Waals surface area contributed by atoms with Crippen LogP contribution in [0.2, 0.25) is 0 Å². The summed E-state index contributed by atoms with van der Waals surface area (Å²) in [5.74, 6) is 0. The molecule has 0 amide bonds. The first kappa shape index (κ1) is 14.1. The Bertz CT molecular complexity index is 392. The number of nitrogens with zero attached hydrogens (tertiary/aromatic N) is 2. The zero-order valence-corrected chi connectivity index (χ0v) is 12.4. The van der Waals surface area contributed by atoms with Gasteiger partial charge in [-0.3, -0.25) is 4.68 Å². The van der Waals surface area contributed by atoms with Gasteiger partial charge in [0.25, 0.3) is 0 Å². The van der Waals surface area contributed by atoms with E-state index in [-0.39, 0.29) is 0 Å². The van der Waals surface area contributed by atoms with Crippen LogP contribution < -0.4 is 5.32 Å². The molecule has 1 aliphatic heterocycles. The van der Waals surface area contributed by atoms with Gasteiger partial charge in [-0.1, -0.05) is 25.7 Å². The average molecular weight is 277 g/mol. The van der Waals surface area contributed by atoms with Crippen LogP contribution in [0.5, 0.6) is 0 Å². The van der Waals surface area contributed by atoms with Crippen LogP contribution in [-0.4, -0.2) is 29.0 Å². The van der Waals surface area contributed by atoms with Gasteiger partial charge >= 0.3 is 0 Å². The molecular weight excluding hydrogens is 250 g/mol. The van der Waals surface area contributed by atoms with Gasteiger partial charge in [0.1, 0.15) is 0 Å². The van der Waals surface area contributed by atoms with Gasteiger partial charge in [-0.2, -0.15) is 5.10 Å². The van der Waals surface area contributed by atoms with Crippen molar-refractivity contribution >= 4 is 0 Å². The summed E-state index contributed by atoms with van der Waals surface area (Å²) in [5.41, 5.74) is 1.08. The highest BCUT2D eigenvalue weighted by atomic mass is 16.5. The van der Waals surface area contributed by atoms with Crippen molar-refractivity contribution in [3.8, 4) is 0 Å². The van der Waals surface area contributed by atoms with Gasteiger partial charge in [-0.25, -0.2) is 0 Å². The van der Waals surface area contributed by atoms with E-state index in [0.29, 0.717) is 18.7 Å². The normalized spacial score (nSPS) is 24.9. The molecule has 2 heterocycles. The molecule has 1 aliphatic carbocycles. The molecule has 1 N–H and O–H groups in total. The minimum absolute atomic E-state index is 0.546. The molecule has 2 aliphatic rings. The zero-order valence-electron chi connectivity index (χ0n) is 12.4. The monoisotopic (exact) mass is 277 g/mol. The maximum atomic E-state index is 5.82. The fourth-order valence-electron chi connectivity index (χ4n) is 3.38. The Labute approximate surface area is 121 Å². The van der Waals surface area contributed by atoms with Crippen molar-refractivity contribution in [1.82, 2.24) is 15.1 Å². The third-order valence-corrected chi connectivity index (χ3v) is 4.59. The van der Waals surface area contributed by atoms with Gasteiger partial charge in [0.05, 0.1) is 24.9 Å². The Morgan fingerprint density at radius 2 is 2.00 bits per heavy atom. The van der Waals surface area contributed by atoms with E-state index in [1.54, 1.807) is 0 Å². The molecule has 4 nitrogen and oxygen atoms in total.